The summed E-state index contributed by atoms with van der Waals surface area (Å²) in [5.74, 6) is -1.75. The van der Waals surface area contributed by atoms with E-state index in [0.29, 0.717) is 41.3 Å². The van der Waals surface area contributed by atoms with Crippen LogP contribution < -0.4 is 14.4 Å². The Morgan fingerprint density at radius 2 is 1.65 bits per heavy atom. The van der Waals surface area contributed by atoms with Crippen LogP contribution in [0.5, 0.6) is 11.5 Å². The number of hydrogen-bond donors (Lipinski definition) is 1. The minimum Gasteiger partial charge on any atom is -0.507 e. The summed E-state index contributed by atoms with van der Waals surface area (Å²) in [5, 5.41) is 11.4. The van der Waals surface area contributed by atoms with E-state index in [1.165, 1.54) is 19.1 Å². The molecule has 1 aliphatic heterocycles. The van der Waals surface area contributed by atoms with Gasteiger partial charge in [0.05, 0.1) is 43.6 Å². The van der Waals surface area contributed by atoms with E-state index in [9.17, 15) is 19.5 Å². The van der Waals surface area contributed by atoms with E-state index in [0.717, 1.165) is 0 Å². The lowest BCUT2D eigenvalue weighted by molar-refractivity contribution is -0.132. The van der Waals surface area contributed by atoms with Crippen molar-refractivity contribution in [3.05, 3.63) is 95.1 Å². The highest BCUT2D eigenvalue weighted by Crippen LogP contribution is 2.43. The Kier molecular flexibility index (Phi) is 7.57. The summed E-state index contributed by atoms with van der Waals surface area (Å²) >= 11 is 0. The predicted octanol–water partition coefficient (Wildman–Crippen LogP) is 4.90. The lowest BCUT2D eigenvalue weighted by Crippen LogP contribution is -2.29. The molecule has 8 nitrogen and oxygen atoms in total. The molecule has 1 amide bonds. The smallest absolute Gasteiger partial charge is 0.338 e. The van der Waals surface area contributed by atoms with Gasteiger partial charge in [-0.25, -0.2) is 4.79 Å². The molecular weight excluding hydrogens is 474 g/mol. The van der Waals surface area contributed by atoms with Crippen molar-refractivity contribution in [3.8, 4) is 11.5 Å². The SMILES string of the molecule is CCCOC(=O)c1ccc(N2C(=O)C(=O)/C(=C(/O)c3cc(OC)ccc3OC)C2c2ccccc2)cc1. The van der Waals surface area contributed by atoms with E-state index in [-0.39, 0.29) is 16.9 Å². The Balaban J connectivity index is 1.85. The van der Waals surface area contributed by atoms with E-state index in [2.05, 4.69) is 0 Å². The molecule has 1 heterocycles. The molecule has 1 atom stereocenters. The van der Waals surface area contributed by atoms with Gasteiger partial charge < -0.3 is 19.3 Å². The largest absolute Gasteiger partial charge is 0.507 e. The lowest BCUT2D eigenvalue weighted by Gasteiger charge is -2.25. The number of anilines is 1. The average Bonchev–Trinajstić information content (AvgIpc) is 3.21. The number of aliphatic hydroxyl groups excluding tert-OH is 1. The lowest BCUT2D eigenvalue weighted by atomic mass is 9.94. The van der Waals surface area contributed by atoms with Gasteiger partial charge in [0, 0.05) is 5.69 Å². The number of carbonyl (C=O) groups is 3. The van der Waals surface area contributed by atoms with Crippen LogP contribution in [0.3, 0.4) is 0 Å². The molecule has 0 aliphatic carbocycles. The molecule has 190 valence electrons. The highest BCUT2D eigenvalue weighted by Gasteiger charge is 2.47. The van der Waals surface area contributed by atoms with Crippen molar-refractivity contribution >= 4 is 29.1 Å². The van der Waals surface area contributed by atoms with Gasteiger partial charge >= 0.3 is 5.97 Å². The Morgan fingerprint density at radius 1 is 0.946 bits per heavy atom. The third-order valence-corrected chi connectivity index (χ3v) is 6.04. The summed E-state index contributed by atoms with van der Waals surface area (Å²) in [4.78, 5) is 40.3. The zero-order chi connectivity index (χ0) is 26.5. The first-order valence-electron chi connectivity index (χ1n) is 11.8. The van der Waals surface area contributed by atoms with E-state index in [4.69, 9.17) is 14.2 Å². The average molecular weight is 502 g/mol. The molecule has 0 radical (unpaired) electrons. The van der Waals surface area contributed by atoms with Gasteiger partial charge in [0.1, 0.15) is 17.3 Å². The topological polar surface area (TPSA) is 102 Å². The number of amides is 1. The van der Waals surface area contributed by atoms with E-state index >= 15 is 0 Å². The van der Waals surface area contributed by atoms with Crippen LogP contribution in [0.15, 0.2) is 78.4 Å². The fourth-order valence-electron chi connectivity index (χ4n) is 4.23. The Labute approximate surface area is 214 Å². The predicted molar refractivity (Wildman–Crippen MR) is 138 cm³/mol. The second kappa shape index (κ2) is 11.0. The molecule has 1 saturated heterocycles. The zero-order valence-corrected chi connectivity index (χ0v) is 20.8. The standard InChI is InChI=1S/C29H27NO7/c1-4-16-37-29(34)19-10-12-20(13-11-19)30-25(18-8-6-5-7-9-18)24(27(32)28(30)33)26(31)22-17-21(35-2)14-15-23(22)36-3/h5-15,17,25,31H,4,16H2,1-3H3/b26-24+. The molecule has 8 heteroatoms. The Hall–Kier alpha value is -4.59. The van der Waals surface area contributed by atoms with E-state index in [1.807, 2.05) is 13.0 Å². The van der Waals surface area contributed by atoms with Crippen LogP contribution >= 0.6 is 0 Å². The monoisotopic (exact) mass is 501 g/mol. The molecule has 1 aliphatic rings. The molecule has 1 N–H and O–H groups in total. The normalized spacial score (nSPS) is 16.5. The van der Waals surface area contributed by atoms with Crippen molar-refractivity contribution in [1.29, 1.82) is 0 Å². The summed E-state index contributed by atoms with van der Waals surface area (Å²) < 4.78 is 15.9. The Bertz CT molecular complexity index is 1350. The molecule has 0 bridgehead atoms. The maximum Gasteiger partial charge on any atom is 0.338 e. The molecule has 0 saturated carbocycles. The summed E-state index contributed by atoms with van der Waals surface area (Å²) in [6.45, 7) is 2.20. The van der Waals surface area contributed by atoms with Gasteiger partial charge in [0.25, 0.3) is 11.7 Å². The van der Waals surface area contributed by atoms with Crippen molar-refractivity contribution in [2.45, 2.75) is 19.4 Å². The molecule has 3 aromatic carbocycles. The minimum atomic E-state index is -0.921. The van der Waals surface area contributed by atoms with Gasteiger partial charge in [-0.05, 0) is 54.4 Å². The molecule has 0 spiro atoms. The summed E-state index contributed by atoms with van der Waals surface area (Å²) in [6.07, 6.45) is 0.698. The van der Waals surface area contributed by atoms with Crippen molar-refractivity contribution in [2.75, 3.05) is 25.7 Å². The molecule has 1 unspecified atom stereocenters. The molecule has 1 fully saturated rings. The second-order valence-corrected chi connectivity index (χ2v) is 8.33. The first kappa shape index (κ1) is 25.5. The fourth-order valence-corrected chi connectivity index (χ4v) is 4.23. The molecule has 0 aromatic heterocycles. The van der Waals surface area contributed by atoms with Crippen LogP contribution in [0.4, 0.5) is 5.69 Å². The first-order valence-corrected chi connectivity index (χ1v) is 11.8. The maximum absolute atomic E-state index is 13.4. The van der Waals surface area contributed by atoms with E-state index in [1.54, 1.807) is 66.7 Å². The number of ketones is 1. The van der Waals surface area contributed by atoms with Gasteiger partial charge in [-0.3, -0.25) is 14.5 Å². The maximum atomic E-state index is 13.4. The first-order chi connectivity index (χ1) is 17.9. The second-order valence-electron chi connectivity index (χ2n) is 8.33. The summed E-state index contributed by atoms with van der Waals surface area (Å²) in [6, 6.07) is 19.1. The van der Waals surface area contributed by atoms with Crippen molar-refractivity contribution in [1.82, 2.24) is 0 Å². The van der Waals surface area contributed by atoms with E-state index < -0.39 is 23.7 Å². The van der Waals surface area contributed by atoms with Crippen molar-refractivity contribution in [2.24, 2.45) is 0 Å². The molecule has 37 heavy (non-hydrogen) atoms. The number of benzene rings is 3. The zero-order valence-electron chi connectivity index (χ0n) is 20.8. The number of methoxy groups -OCH3 is 2. The van der Waals surface area contributed by atoms with Gasteiger partial charge in [0.15, 0.2) is 0 Å². The highest BCUT2D eigenvalue weighted by atomic mass is 16.5. The van der Waals surface area contributed by atoms with Crippen LogP contribution in [0, 0.1) is 0 Å². The van der Waals surface area contributed by atoms with Gasteiger partial charge in [-0.1, -0.05) is 37.3 Å². The number of Topliss-reactive ketones (excluding diaryl/α,β-unsaturated/α-hetero) is 1. The number of hydrogen-bond acceptors (Lipinski definition) is 7. The fraction of sp³-hybridized carbons (Fsp3) is 0.207. The van der Waals surface area contributed by atoms with Crippen molar-refractivity contribution < 1.29 is 33.7 Å². The van der Waals surface area contributed by atoms with Crippen LogP contribution in [-0.2, 0) is 14.3 Å². The summed E-state index contributed by atoms with van der Waals surface area (Å²) in [5.41, 5.74) is 1.46. The quantitative estimate of drug-likeness (QED) is 0.203. The summed E-state index contributed by atoms with van der Waals surface area (Å²) in [7, 11) is 2.93. The minimum absolute atomic E-state index is 0.0887. The number of rotatable bonds is 8. The van der Waals surface area contributed by atoms with Crippen LogP contribution in [0.2, 0.25) is 0 Å². The van der Waals surface area contributed by atoms with Crippen LogP contribution in [0.25, 0.3) is 5.76 Å². The van der Waals surface area contributed by atoms with Crippen LogP contribution in [0.1, 0.15) is 40.9 Å². The number of carbonyl (C=O) groups excluding carboxylic acids is 3. The molecule has 3 aromatic rings. The van der Waals surface area contributed by atoms with Gasteiger partial charge in [-0.15, -0.1) is 0 Å². The Morgan fingerprint density at radius 3 is 2.27 bits per heavy atom. The number of aliphatic hydroxyl groups is 1. The molecular formula is C29H27NO7. The number of ether oxygens (including phenoxy) is 3. The highest BCUT2D eigenvalue weighted by molar-refractivity contribution is 6.51. The van der Waals surface area contributed by atoms with Gasteiger partial charge in [0.2, 0.25) is 0 Å². The van der Waals surface area contributed by atoms with Crippen LogP contribution in [-0.4, -0.2) is 43.6 Å². The number of nitrogens with zero attached hydrogens (tertiary/aromatic N) is 1. The third-order valence-electron chi connectivity index (χ3n) is 6.04. The number of esters is 1. The molecule has 4 rings (SSSR count). The third kappa shape index (κ3) is 4.91. The van der Waals surface area contributed by atoms with Gasteiger partial charge in [-0.2, -0.15) is 0 Å². The van der Waals surface area contributed by atoms with Crippen molar-refractivity contribution in [3.63, 3.8) is 0 Å².